The summed E-state index contributed by atoms with van der Waals surface area (Å²) in [4.78, 5) is 37.0. The van der Waals surface area contributed by atoms with E-state index in [4.69, 9.17) is 16.3 Å². The molecule has 0 aromatic heterocycles. The standard InChI is InChI=1S/C21H22ClIN2O4/c1-12(2)19(25-20(27)15-6-4-5-7-16(15)22)21(28)29-11-18(26)24-17-9-8-14(23)10-13(17)3/h4-10,12,19H,11H2,1-3H3,(H,24,26)(H,25,27)/t19-/m0/s1. The molecule has 2 aromatic rings. The fraction of sp³-hybridized carbons (Fsp3) is 0.286. The summed E-state index contributed by atoms with van der Waals surface area (Å²) < 4.78 is 6.18. The lowest BCUT2D eigenvalue weighted by Crippen LogP contribution is -2.46. The number of hydrogen-bond donors (Lipinski definition) is 2. The van der Waals surface area contributed by atoms with Gasteiger partial charge >= 0.3 is 5.97 Å². The highest BCUT2D eigenvalue weighted by Gasteiger charge is 2.27. The van der Waals surface area contributed by atoms with Gasteiger partial charge in [-0.2, -0.15) is 0 Å². The van der Waals surface area contributed by atoms with Crippen molar-refractivity contribution in [2.75, 3.05) is 11.9 Å². The molecular formula is C21H22ClIN2O4. The molecule has 2 rings (SSSR count). The zero-order chi connectivity index (χ0) is 21.6. The van der Waals surface area contributed by atoms with E-state index in [0.717, 1.165) is 9.13 Å². The van der Waals surface area contributed by atoms with Crippen molar-refractivity contribution in [3.63, 3.8) is 0 Å². The number of rotatable bonds is 7. The number of aryl methyl sites for hydroxylation is 1. The summed E-state index contributed by atoms with van der Waals surface area (Å²) in [6, 6.07) is 11.2. The molecule has 0 aliphatic rings. The summed E-state index contributed by atoms with van der Waals surface area (Å²) in [6.45, 7) is 4.97. The smallest absolute Gasteiger partial charge is 0.329 e. The molecule has 8 heteroatoms. The molecule has 0 fully saturated rings. The van der Waals surface area contributed by atoms with Gasteiger partial charge in [0.25, 0.3) is 11.8 Å². The third-order valence-electron chi connectivity index (χ3n) is 4.13. The molecule has 0 heterocycles. The maximum Gasteiger partial charge on any atom is 0.329 e. The fourth-order valence-corrected chi connectivity index (χ4v) is 3.41. The Hall–Kier alpha value is -2.13. The van der Waals surface area contributed by atoms with Gasteiger partial charge in [0.1, 0.15) is 6.04 Å². The molecule has 2 aromatic carbocycles. The van der Waals surface area contributed by atoms with Gasteiger partial charge in [0.05, 0.1) is 10.6 Å². The van der Waals surface area contributed by atoms with Crippen molar-refractivity contribution in [3.8, 4) is 0 Å². The molecule has 2 N–H and O–H groups in total. The van der Waals surface area contributed by atoms with Crippen LogP contribution >= 0.6 is 34.2 Å². The predicted molar refractivity (Wildman–Crippen MR) is 121 cm³/mol. The molecule has 2 amide bonds. The summed E-state index contributed by atoms with van der Waals surface area (Å²) in [5.74, 6) is -1.86. The van der Waals surface area contributed by atoms with Crippen LogP contribution in [-0.4, -0.2) is 30.4 Å². The lowest BCUT2D eigenvalue weighted by atomic mass is 10.0. The van der Waals surface area contributed by atoms with Gasteiger partial charge in [-0.05, 0) is 71.3 Å². The van der Waals surface area contributed by atoms with Gasteiger partial charge in [0, 0.05) is 9.26 Å². The van der Waals surface area contributed by atoms with Gasteiger partial charge in [-0.1, -0.05) is 37.6 Å². The Labute approximate surface area is 188 Å². The summed E-state index contributed by atoms with van der Waals surface area (Å²) in [6.07, 6.45) is 0. The van der Waals surface area contributed by atoms with Crippen LogP contribution in [-0.2, 0) is 14.3 Å². The minimum absolute atomic E-state index is 0.240. The first kappa shape index (κ1) is 23.2. The summed E-state index contributed by atoms with van der Waals surface area (Å²) in [5.41, 5.74) is 1.82. The fourth-order valence-electron chi connectivity index (χ4n) is 2.54. The average Bonchev–Trinajstić information content (AvgIpc) is 2.66. The molecule has 29 heavy (non-hydrogen) atoms. The maximum atomic E-state index is 12.5. The predicted octanol–water partition coefficient (Wildman–Crippen LogP) is 4.19. The number of nitrogens with one attached hydrogen (secondary N) is 2. The molecule has 1 atom stereocenters. The average molecular weight is 529 g/mol. The first-order chi connectivity index (χ1) is 13.7. The molecule has 154 valence electrons. The van der Waals surface area contributed by atoms with E-state index in [9.17, 15) is 14.4 Å². The zero-order valence-electron chi connectivity index (χ0n) is 16.3. The normalized spacial score (nSPS) is 11.7. The highest BCUT2D eigenvalue weighted by molar-refractivity contribution is 14.1. The molecule has 6 nitrogen and oxygen atoms in total. The van der Waals surface area contributed by atoms with Gasteiger partial charge in [0.15, 0.2) is 6.61 Å². The van der Waals surface area contributed by atoms with E-state index >= 15 is 0 Å². The van der Waals surface area contributed by atoms with Crippen molar-refractivity contribution in [2.24, 2.45) is 5.92 Å². The van der Waals surface area contributed by atoms with Crippen molar-refractivity contribution in [2.45, 2.75) is 26.8 Å². The maximum absolute atomic E-state index is 12.5. The van der Waals surface area contributed by atoms with Crippen LogP contribution in [0.3, 0.4) is 0 Å². The Morgan fingerprint density at radius 2 is 1.83 bits per heavy atom. The van der Waals surface area contributed by atoms with Gasteiger partial charge in [-0.25, -0.2) is 4.79 Å². The van der Waals surface area contributed by atoms with E-state index in [2.05, 4.69) is 33.2 Å². The molecule has 0 saturated carbocycles. The van der Waals surface area contributed by atoms with E-state index in [-0.39, 0.29) is 16.5 Å². The highest BCUT2D eigenvalue weighted by Crippen LogP contribution is 2.18. The number of carbonyl (C=O) groups is 3. The lowest BCUT2D eigenvalue weighted by Gasteiger charge is -2.21. The van der Waals surface area contributed by atoms with Crippen molar-refractivity contribution < 1.29 is 19.1 Å². The van der Waals surface area contributed by atoms with Crippen LogP contribution in [0, 0.1) is 16.4 Å². The minimum atomic E-state index is -0.911. The van der Waals surface area contributed by atoms with E-state index in [1.807, 2.05) is 19.1 Å². The number of benzene rings is 2. The van der Waals surface area contributed by atoms with Crippen molar-refractivity contribution in [3.05, 3.63) is 62.2 Å². The molecule has 0 radical (unpaired) electrons. The number of hydrogen-bond acceptors (Lipinski definition) is 4. The third-order valence-corrected chi connectivity index (χ3v) is 5.13. The topological polar surface area (TPSA) is 84.5 Å². The first-order valence-electron chi connectivity index (χ1n) is 8.97. The zero-order valence-corrected chi connectivity index (χ0v) is 19.2. The Balaban J connectivity index is 1.96. The van der Waals surface area contributed by atoms with Crippen molar-refractivity contribution >= 4 is 57.7 Å². The quantitative estimate of drug-likeness (QED) is 0.417. The Morgan fingerprint density at radius 3 is 2.45 bits per heavy atom. The molecule has 0 aliphatic carbocycles. The van der Waals surface area contributed by atoms with Crippen LogP contribution in [0.2, 0.25) is 5.02 Å². The number of halogens is 2. The minimum Gasteiger partial charge on any atom is -0.454 e. The molecular weight excluding hydrogens is 507 g/mol. The summed E-state index contributed by atoms with van der Waals surface area (Å²) in [5, 5.41) is 5.63. The van der Waals surface area contributed by atoms with Crippen LogP contribution < -0.4 is 10.6 Å². The van der Waals surface area contributed by atoms with E-state index in [0.29, 0.717) is 5.69 Å². The van der Waals surface area contributed by atoms with Crippen LogP contribution in [0.5, 0.6) is 0 Å². The van der Waals surface area contributed by atoms with Gasteiger partial charge in [0.2, 0.25) is 0 Å². The lowest BCUT2D eigenvalue weighted by molar-refractivity contribution is -0.150. The molecule has 0 spiro atoms. The Kier molecular flexibility index (Phi) is 8.45. The van der Waals surface area contributed by atoms with Crippen LogP contribution in [0.1, 0.15) is 29.8 Å². The monoisotopic (exact) mass is 528 g/mol. The number of carbonyl (C=O) groups excluding carboxylic acids is 3. The summed E-state index contributed by atoms with van der Waals surface area (Å²) in [7, 11) is 0. The van der Waals surface area contributed by atoms with Gasteiger partial charge < -0.3 is 15.4 Å². The first-order valence-corrected chi connectivity index (χ1v) is 10.4. The second-order valence-corrected chi connectivity index (χ2v) is 8.44. The summed E-state index contributed by atoms with van der Waals surface area (Å²) >= 11 is 8.22. The van der Waals surface area contributed by atoms with Crippen LogP contribution in [0.4, 0.5) is 5.69 Å². The van der Waals surface area contributed by atoms with E-state index in [1.165, 1.54) is 0 Å². The SMILES string of the molecule is Cc1cc(I)ccc1NC(=O)COC(=O)[C@@H](NC(=O)c1ccccc1Cl)C(C)C. The highest BCUT2D eigenvalue weighted by atomic mass is 127. The number of ether oxygens (including phenoxy) is 1. The third kappa shape index (κ3) is 6.71. The Bertz CT molecular complexity index is 917. The largest absolute Gasteiger partial charge is 0.454 e. The number of esters is 1. The second-order valence-electron chi connectivity index (χ2n) is 6.79. The van der Waals surface area contributed by atoms with Crippen molar-refractivity contribution in [1.29, 1.82) is 0 Å². The van der Waals surface area contributed by atoms with E-state index in [1.54, 1.807) is 44.2 Å². The number of anilines is 1. The van der Waals surface area contributed by atoms with Crippen LogP contribution in [0.25, 0.3) is 0 Å². The van der Waals surface area contributed by atoms with E-state index < -0.39 is 30.4 Å². The second kappa shape index (κ2) is 10.6. The van der Waals surface area contributed by atoms with Crippen LogP contribution in [0.15, 0.2) is 42.5 Å². The van der Waals surface area contributed by atoms with Gasteiger partial charge in [-0.3, -0.25) is 9.59 Å². The molecule has 0 aliphatic heterocycles. The molecule has 0 saturated heterocycles. The molecule has 0 unspecified atom stereocenters. The Morgan fingerprint density at radius 1 is 1.14 bits per heavy atom. The number of amides is 2. The molecule has 0 bridgehead atoms. The van der Waals surface area contributed by atoms with Gasteiger partial charge in [-0.15, -0.1) is 0 Å². The van der Waals surface area contributed by atoms with Crippen molar-refractivity contribution in [1.82, 2.24) is 5.32 Å².